The maximum Gasteiger partial charge on any atom is 0.269 e. The van der Waals surface area contributed by atoms with Crippen LogP contribution in [0.5, 0.6) is 0 Å². The van der Waals surface area contributed by atoms with Gasteiger partial charge in [0.2, 0.25) is 5.91 Å². The molecule has 1 atom stereocenters. The summed E-state index contributed by atoms with van der Waals surface area (Å²) in [5.41, 5.74) is 6.51. The van der Waals surface area contributed by atoms with Gasteiger partial charge in [-0.15, -0.1) is 12.4 Å². The third kappa shape index (κ3) is 4.68. The van der Waals surface area contributed by atoms with Crippen LogP contribution in [0, 0.1) is 16.0 Å². The Kier molecular flexibility index (Phi) is 6.58. The average molecular weight is 314 g/mol. The van der Waals surface area contributed by atoms with Gasteiger partial charge in [-0.25, -0.2) is 0 Å². The number of hydrogen-bond donors (Lipinski definition) is 1. The molecule has 7 heteroatoms. The fourth-order valence-electron chi connectivity index (χ4n) is 2.51. The van der Waals surface area contributed by atoms with Crippen molar-refractivity contribution in [3.05, 3.63) is 39.9 Å². The van der Waals surface area contributed by atoms with E-state index < -0.39 is 4.92 Å². The third-order valence-corrected chi connectivity index (χ3v) is 3.71. The van der Waals surface area contributed by atoms with Crippen molar-refractivity contribution in [1.82, 2.24) is 4.90 Å². The molecule has 2 N–H and O–H groups in total. The van der Waals surface area contributed by atoms with Crippen LogP contribution in [0.2, 0.25) is 0 Å². The van der Waals surface area contributed by atoms with Gasteiger partial charge < -0.3 is 10.6 Å². The minimum Gasteiger partial charge on any atom is -0.342 e. The molecule has 116 valence electrons. The molecule has 1 amide bonds. The summed E-state index contributed by atoms with van der Waals surface area (Å²) in [6, 6.07) is 6.14. The summed E-state index contributed by atoms with van der Waals surface area (Å²) in [6.07, 6.45) is 2.36. The minimum absolute atomic E-state index is 0. The Morgan fingerprint density at radius 3 is 2.62 bits per heavy atom. The van der Waals surface area contributed by atoms with Crippen molar-refractivity contribution < 1.29 is 9.72 Å². The van der Waals surface area contributed by atoms with Crippen molar-refractivity contribution in [2.45, 2.75) is 19.3 Å². The molecule has 1 aromatic carbocycles. The van der Waals surface area contributed by atoms with Gasteiger partial charge in [-0.3, -0.25) is 14.9 Å². The van der Waals surface area contributed by atoms with Gasteiger partial charge in [-0.05, 0) is 30.9 Å². The number of piperidine rings is 1. The molecule has 1 heterocycles. The summed E-state index contributed by atoms with van der Waals surface area (Å²) in [4.78, 5) is 24.2. The van der Waals surface area contributed by atoms with Gasteiger partial charge in [-0.1, -0.05) is 12.1 Å². The molecule has 21 heavy (non-hydrogen) atoms. The maximum absolute atomic E-state index is 12.2. The van der Waals surface area contributed by atoms with E-state index in [4.69, 9.17) is 5.73 Å². The zero-order valence-corrected chi connectivity index (χ0v) is 12.6. The highest BCUT2D eigenvalue weighted by molar-refractivity contribution is 5.85. The molecule has 1 saturated heterocycles. The monoisotopic (exact) mass is 313 g/mol. The van der Waals surface area contributed by atoms with Gasteiger partial charge in [0, 0.05) is 25.2 Å². The number of non-ortho nitro benzene ring substituents is 1. The summed E-state index contributed by atoms with van der Waals surface area (Å²) in [5.74, 6) is 0.460. The van der Waals surface area contributed by atoms with Gasteiger partial charge in [0.15, 0.2) is 0 Å². The molecule has 0 radical (unpaired) electrons. The van der Waals surface area contributed by atoms with E-state index in [-0.39, 0.29) is 30.4 Å². The van der Waals surface area contributed by atoms with E-state index in [0.717, 1.165) is 31.5 Å². The number of halogens is 1. The molecule has 6 nitrogen and oxygen atoms in total. The van der Waals surface area contributed by atoms with Crippen molar-refractivity contribution in [2.24, 2.45) is 11.7 Å². The maximum atomic E-state index is 12.2. The Bertz CT molecular complexity index is 493. The van der Waals surface area contributed by atoms with E-state index in [2.05, 4.69) is 0 Å². The third-order valence-electron chi connectivity index (χ3n) is 3.71. The van der Waals surface area contributed by atoms with Gasteiger partial charge in [0.25, 0.3) is 5.69 Å². The lowest BCUT2D eigenvalue weighted by molar-refractivity contribution is -0.384. The number of amides is 1. The second-order valence-electron chi connectivity index (χ2n) is 5.18. The van der Waals surface area contributed by atoms with Crippen molar-refractivity contribution in [1.29, 1.82) is 0 Å². The van der Waals surface area contributed by atoms with Crippen LogP contribution in [0.15, 0.2) is 24.3 Å². The zero-order valence-electron chi connectivity index (χ0n) is 11.7. The van der Waals surface area contributed by atoms with Crippen LogP contribution in [0.25, 0.3) is 0 Å². The molecular formula is C14H20ClN3O3. The van der Waals surface area contributed by atoms with Crippen LogP contribution in [-0.4, -0.2) is 35.4 Å². The molecule has 0 saturated carbocycles. The summed E-state index contributed by atoms with van der Waals surface area (Å²) >= 11 is 0. The van der Waals surface area contributed by atoms with Crippen LogP contribution in [0.3, 0.4) is 0 Å². The number of nitro groups is 1. The van der Waals surface area contributed by atoms with Gasteiger partial charge in [0.1, 0.15) is 0 Å². The smallest absolute Gasteiger partial charge is 0.269 e. The van der Waals surface area contributed by atoms with Crippen molar-refractivity contribution >= 4 is 24.0 Å². The molecule has 1 fully saturated rings. The Hall–Kier alpha value is -1.66. The Morgan fingerprint density at radius 2 is 2.05 bits per heavy atom. The predicted molar refractivity (Wildman–Crippen MR) is 82.4 cm³/mol. The van der Waals surface area contributed by atoms with Crippen LogP contribution >= 0.6 is 12.4 Å². The number of hydrogen-bond acceptors (Lipinski definition) is 4. The number of nitro benzene ring substituents is 1. The first-order valence-corrected chi connectivity index (χ1v) is 6.81. The molecule has 1 aromatic rings. The van der Waals surface area contributed by atoms with Crippen molar-refractivity contribution in [2.75, 3.05) is 19.6 Å². The van der Waals surface area contributed by atoms with Crippen LogP contribution < -0.4 is 5.73 Å². The summed E-state index contributed by atoms with van der Waals surface area (Å²) in [7, 11) is 0. The van der Waals surface area contributed by atoms with Gasteiger partial charge in [0.05, 0.1) is 11.3 Å². The Labute approximate surface area is 129 Å². The number of benzene rings is 1. The van der Waals surface area contributed by atoms with Crippen molar-refractivity contribution in [3.63, 3.8) is 0 Å². The second kappa shape index (κ2) is 7.95. The quantitative estimate of drug-likeness (QED) is 0.677. The number of nitrogens with two attached hydrogens (primary N) is 1. The van der Waals surface area contributed by atoms with Crippen LogP contribution in [-0.2, 0) is 11.2 Å². The summed E-state index contributed by atoms with van der Waals surface area (Å²) < 4.78 is 0. The first kappa shape index (κ1) is 17.4. The van der Waals surface area contributed by atoms with E-state index in [1.54, 1.807) is 12.1 Å². The topological polar surface area (TPSA) is 89.5 Å². The molecule has 2 rings (SSSR count). The number of rotatable bonds is 4. The molecule has 0 spiro atoms. The zero-order chi connectivity index (χ0) is 14.5. The number of nitrogens with zero attached hydrogens (tertiary/aromatic N) is 2. The van der Waals surface area contributed by atoms with Gasteiger partial charge in [-0.2, -0.15) is 0 Å². The number of likely N-dealkylation sites (tertiary alicyclic amines) is 1. The molecule has 1 aliphatic rings. The molecule has 0 bridgehead atoms. The fourth-order valence-corrected chi connectivity index (χ4v) is 2.51. The molecule has 0 aliphatic carbocycles. The van der Waals surface area contributed by atoms with E-state index >= 15 is 0 Å². The first-order chi connectivity index (χ1) is 9.60. The second-order valence-corrected chi connectivity index (χ2v) is 5.18. The summed E-state index contributed by atoms with van der Waals surface area (Å²) in [5, 5.41) is 10.6. The summed E-state index contributed by atoms with van der Waals surface area (Å²) in [6.45, 7) is 2.12. The molecule has 1 aliphatic heterocycles. The average Bonchev–Trinajstić information content (AvgIpc) is 2.47. The lowest BCUT2D eigenvalue weighted by Gasteiger charge is -2.32. The first-order valence-electron chi connectivity index (χ1n) is 6.81. The molecule has 0 aromatic heterocycles. The molecular weight excluding hydrogens is 294 g/mol. The SMILES string of the molecule is Cl.NCC1CCCN(C(=O)Cc2ccc([N+](=O)[O-])cc2)C1. The Balaban J connectivity index is 0.00000220. The van der Waals surface area contributed by atoms with Gasteiger partial charge >= 0.3 is 0 Å². The lowest BCUT2D eigenvalue weighted by Crippen LogP contribution is -2.42. The van der Waals surface area contributed by atoms with E-state index in [1.807, 2.05) is 4.90 Å². The number of carbonyl (C=O) groups is 1. The highest BCUT2D eigenvalue weighted by Crippen LogP contribution is 2.17. The largest absolute Gasteiger partial charge is 0.342 e. The lowest BCUT2D eigenvalue weighted by atomic mass is 9.97. The fraction of sp³-hybridized carbons (Fsp3) is 0.500. The standard InChI is InChI=1S/C14H19N3O3.ClH/c15-9-12-2-1-7-16(10-12)14(18)8-11-3-5-13(6-4-11)17(19)20;/h3-6,12H,1-2,7-10,15H2;1H. The molecule has 1 unspecified atom stereocenters. The van der Waals surface area contributed by atoms with E-state index in [9.17, 15) is 14.9 Å². The van der Waals surface area contributed by atoms with Crippen LogP contribution in [0.4, 0.5) is 5.69 Å². The van der Waals surface area contributed by atoms with E-state index in [0.29, 0.717) is 12.5 Å². The normalized spacial score (nSPS) is 18.0. The number of carbonyl (C=O) groups excluding carboxylic acids is 1. The Morgan fingerprint density at radius 1 is 1.38 bits per heavy atom. The highest BCUT2D eigenvalue weighted by atomic mass is 35.5. The van der Waals surface area contributed by atoms with E-state index in [1.165, 1.54) is 12.1 Å². The van der Waals surface area contributed by atoms with Crippen molar-refractivity contribution in [3.8, 4) is 0 Å². The predicted octanol–water partition coefficient (Wildman–Crippen LogP) is 1.76. The minimum atomic E-state index is -0.442. The highest BCUT2D eigenvalue weighted by Gasteiger charge is 2.22. The van der Waals surface area contributed by atoms with Crippen LogP contribution in [0.1, 0.15) is 18.4 Å².